The average Bonchev–Trinajstić information content (AvgIpc) is 2.58. The van der Waals surface area contributed by atoms with Gasteiger partial charge in [0.05, 0.1) is 6.04 Å². The molecule has 3 heteroatoms. The molecule has 0 unspecified atom stereocenters. The minimum Gasteiger partial charge on any atom is -0.483 e. The zero-order chi connectivity index (χ0) is 18.4. The maximum absolute atomic E-state index is 12.4. The fourth-order valence-corrected chi connectivity index (χ4v) is 2.81. The van der Waals surface area contributed by atoms with E-state index in [1.54, 1.807) is 0 Å². The smallest absolute Gasteiger partial charge is 0.258 e. The minimum atomic E-state index is -0.101. The van der Waals surface area contributed by atoms with Crippen LogP contribution >= 0.6 is 0 Å². The molecule has 2 rings (SSSR count). The third kappa shape index (κ3) is 5.35. The molecule has 0 aromatic heterocycles. The fraction of sp³-hybridized carbons (Fsp3) is 0.409. The van der Waals surface area contributed by atoms with E-state index in [4.69, 9.17) is 4.74 Å². The number of benzene rings is 2. The molecule has 1 amide bonds. The van der Waals surface area contributed by atoms with Gasteiger partial charge in [-0.25, -0.2) is 0 Å². The van der Waals surface area contributed by atoms with E-state index >= 15 is 0 Å². The van der Waals surface area contributed by atoms with Gasteiger partial charge in [0.1, 0.15) is 5.75 Å². The minimum absolute atomic E-state index is 0.00885. The predicted octanol–water partition coefficient (Wildman–Crippen LogP) is 4.94. The van der Waals surface area contributed by atoms with Gasteiger partial charge in [-0.05, 0) is 36.0 Å². The van der Waals surface area contributed by atoms with Gasteiger partial charge in [-0.2, -0.15) is 0 Å². The number of ether oxygens (including phenoxy) is 1. The van der Waals surface area contributed by atoms with Gasteiger partial charge in [-0.3, -0.25) is 4.79 Å². The molecule has 0 spiro atoms. The second-order valence-corrected chi connectivity index (χ2v) is 7.47. The molecule has 0 radical (unpaired) electrons. The summed E-state index contributed by atoms with van der Waals surface area (Å²) in [7, 11) is 0. The summed E-state index contributed by atoms with van der Waals surface area (Å²) < 4.78 is 5.81. The SMILES string of the molecule is CC[C@@H](NC(=O)COc1ccccc1C(C)(C)C)c1ccc(C)cc1. The molecule has 2 aromatic carbocycles. The maximum atomic E-state index is 12.4. The molecular weight excluding hydrogens is 310 g/mol. The Balaban J connectivity index is 2.00. The van der Waals surface area contributed by atoms with Crippen molar-refractivity contribution in [2.45, 2.75) is 52.5 Å². The lowest BCUT2D eigenvalue weighted by Gasteiger charge is -2.23. The van der Waals surface area contributed by atoms with Gasteiger partial charge in [0.25, 0.3) is 5.91 Å². The third-order valence-electron chi connectivity index (χ3n) is 4.28. The molecule has 134 valence electrons. The first kappa shape index (κ1) is 19.0. The molecular formula is C22H29NO2. The van der Waals surface area contributed by atoms with Crippen LogP contribution in [0, 0.1) is 6.92 Å². The predicted molar refractivity (Wildman–Crippen MR) is 103 cm³/mol. The topological polar surface area (TPSA) is 38.3 Å². The molecule has 1 atom stereocenters. The van der Waals surface area contributed by atoms with Gasteiger partial charge < -0.3 is 10.1 Å². The Kier molecular flexibility index (Phi) is 6.24. The normalized spacial score (nSPS) is 12.5. The van der Waals surface area contributed by atoms with Crippen LogP contribution in [0.1, 0.15) is 56.8 Å². The number of carbonyl (C=O) groups excluding carboxylic acids is 1. The van der Waals surface area contributed by atoms with E-state index in [9.17, 15) is 4.79 Å². The molecule has 2 aromatic rings. The molecule has 3 nitrogen and oxygen atoms in total. The first-order chi connectivity index (χ1) is 11.8. The summed E-state index contributed by atoms with van der Waals surface area (Å²) in [5.41, 5.74) is 3.41. The monoisotopic (exact) mass is 339 g/mol. The lowest BCUT2D eigenvalue weighted by molar-refractivity contribution is -0.123. The van der Waals surface area contributed by atoms with E-state index in [-0.39, 0.29) is 24.0 Å². The first-order valence-electron chi connectivity index (χ1n) is 8.89. The second kappa shape index (κ2) is 8.19. The van der Waals surface area contributed by atoms with Crippen LogP contribution in [0.4, 0.5) is 0 Å². The zero-order valence-corrected chi connectivity index (χ0v) is 15.9. The summed E-state index contributed by atoms with van der Waals surface area (Å²) in [6.07, 6.45) is 0.841. The zero-order valence-electron chi connectivity index (χ0n) is 15.9. The van der Waals surface area contributed by atoms with Gasteiger partial charge in [-0.1, -0.05) is 75.7 Å². The maximum Gasteiger partial charge on any atom is 0.258 e. The van der Waals surface area contributed by atoms with Crippen LogP contribution in [0.5, 0.6) is 5.75 Å². The van der Waals surface area contributed by atoms with E-state index in [1.165, 1.54) is 5.56 Å². The van der Waals surface area contributed by atoms with E-state index in [0.29, 0.717) is 0 Å². The number of nitrogens with one attached hydrogen (secondary N) is 1. The van der Waals surface area contributed by atoms with E-state index < -0.39 is 0 Å². The van der Waals surface area contributed by atoms with Gasteiger partial charge in [0.15, 0.2) is 6.61 Å². The number of rotatable bonds is 6. The summed E-state index contributed by atoms with van der Waals surface area (Å²) in [5.74, 6) is 0.671. The highest BCUT2D eigenvalue weighted by molar-refractivity contribution is 5.78. The summed E-state index contributed by atoms with van der Waals surface area (Å²) in [4.78, 5) is 12.4. The van der Waals surface area contributed by atoms with Crippen molar-refractivity contribution in [1.82, 2.24) is 5.32 Å². The van der Waals surface area contributed by atoms with Crippen LogP contribution in [-0.2, 0) is 10.2 Å². The molecule has 1 N–H and O–H groups in total. The highest BCUT2D eigenvalue weighted by Crippen LogP contribution is 2.30. The fourth-order valence-electron chi connectivity index (χ4n) is 2.81. The Morgan fingerprint density at radius 2 is 1.72 bits per heavy atom. The van der Waals surface area contributed by atoms with Crippen molar-refractivity contribution >= 4 is 5.91 Å². The van der Waals surface area contributed by atoms with Gasteiger partial charge in [-0.15, -0.1) is 0 Å². The Morgan fingerprint density at radius 1 is 1.08 bits per heavy atom. The molecule has 0 aliphatic rings. The summed E-state index contributed by atoms with van der Waals surface area (Å²) >= 11 is 0. The molecule has 0 saturated carbocycles. The van der Waals surface area contributed by atoms with Crippen LogP contribution in [0.2, 0.25) is 0 Å². The van der Waals surface area contributed by atoms with E-state index in [2.05, 4.69) is 64.2 Å². The Morgan fingerprint density at radius 3 is 2.32 bits per heavy atom. The van der Waals surface area contributed by atoms with Crippen molar-refractivity contribution in [3.8, 4) is 5.75 Å². The molecule has 0 aliphatic heterocycles. The lowest BCUT2D eigenvalue weighted by Crippen LogP contribution is -2.32. The average molecular weight is 339 g/mol. The number of aryl methyl sites for hydroxylation is 1. The lowest BCUT2D eigenvalue weighted by atomic mass is 9.86. The number of hydrogen-bond acceptors (Lipinski definition) is 2. The molecule has 0 aliphatic carbocycles. The van der Waals surface area contributed by atoms with Gasteiger partial charge in [0, 0.05) is 0 Å². The number of amides is 1. The van der Waals surface area contributed by atoms with E-state index in [0.717, 1.165) is 23.3 Å². The molecule has 0 fully saturated rings. The van der Waals surface area contributed by atoms with Crippen molar-refractivity contribution in [1.29, 1.82) is 0 Å². The van der Waals surface area contributed by atoms with Crippen molar-refractivity contribution < 1.29 is 9.53 Å². The molecule has 25 heavy (non-hydrogen) atoms. The Hall–Kier alpha value is -2.29. The van der Waals surface area contributed by atoms with Crippen molar-refractivity contribution in [2.24, 2.45) is 0 Å². The van der Waals surface area contributed by atoms with E-state index in [1.807, 2.05) is 24.3 Å². The highest BCUT2D eigenvalue weighted by atomic mass is 16.5. The number of hydrogen-bond donors (Lipinski definition) is 1. The van der Waals surface area contributed by atoms with Crippen LogP contribution < -0.4 is 10.1 Å². The van der Waals surface area contributed by atoms with Crippen LogP contribution in [0.15, 0.2) is 48.5 Å². The van der Waals surface area contributed by atoms with Crippen molar-refractivity contribution in [3.05, 3.63) is 65.2 Å². The Labute approximate surface area is 151 Å². The van der Waals surface area contributed by atoms with Crippen molar-refractivity contribution in [3.63, 3.8) is 0 Å². The molecule has 0 bridgehead atoms. The highest BCUT2D eigenvalue weighted by Gasteiger charge is 2.19. The third-order valence-corrected chi connectivity index (χ3v) is 4.28. The number of para-hydroxylation sites is 1. The molecule has 0 saturated heterocycles. The first-order valence-corrected chi connectivity index (χ1v) is 8.89. The number of carbonyl (C=O) groups is 1. The second-order valence-electron chi connectivity index (χ2n) is 7.47. The summed E-state index contributed by atoms with van der Waals surface area (Å²) in [5, 5.41) is 3.07. The standard InChI is InChI=1S/C22H29NO2/c1-6-19(17-13-11-16(2)12-14-17)23-21(24)15-25-20-10-8-7-9-18(20)22(3,4)5/h7-14,19H,6,15H2,1-5H3,(H,23,24)/t19-/m1/s1. The Bertz CT molecular complexity index is 699. The van der Waals surface area contributed by atoms with Gasteiger partial charge >= 0.3 is 0 Å². The van der Waals surface area contributed by atoms with Crippen molar-refractivity contribution in [2.75, 3.05) is 6.61 Å². The molecule has 0 heterocycles. The van der Waals surface area contributed by atoms with Crippen LogP contribution in [-0.4, -0.2) is 12.5 Å². The quantitative estimate of drug-likeness (QED) is 0.809. The largest absolute Gasteiger partial charge is 0.483 e. The van der Waals surface area contributed by atoms with Gasteiger partial charge in [0.2, 0.25) is 0 Å². The summed E-state index contributed by atoms with van der Waals surface area (Å²) in [6.45, 7) is 10.6. The van der Waals surface area contributed by atoms with Crippen LogP contribution in [0.3, 0.4) is 0 Å². The summed E-state index contributed by atoms with van der Waals surface area (Å²) in [6, 6.07) is 16.2. The van der Waals surface area contributed by atoms with Crippen LogP contribution in [0.25, 0.3) is 0 Å².